The lowest BCUT2D eigenvalue weighted by Gasteiger charge is -2.38. The second-order valence-corrected chi connectivity index (χ2v) is 9.38. The predicted molar refractivity (Wildman–Crippen MR) is 135 cm³/mol. The van der Waals surface area contributed by atoms with E-state index in [1.165, 1.54) is 16.7 Å². The highest BCUT2D eigenvalue weighted by Gasteiger charge is 2.35. The van der Waals surface area contributed by atoms with Crippen molar-refractivity contribution in [1.29, 1.82) is 0 Å². The van der Waals surface area contributed by atoms with Gasteiger partial charge in [-0.05, 0) is 74.6 Å². The lowest BCUT2D eigenvalue weighted by molar-refractivity contribution is -0.127. The summed E-state index contributed by atoms with van der Waals surface area (Å²) in [6, 6.07) is 6.83. The van der Waals surface area contributed by atoms with Crippen LogP contribution in [0.25, 0.3) is 0 Å². The lowest BCUT2D eigenvalue weighted by atomic mass is 9.94. The van der Waals surface area contributed by atoms with Crippen molar-refractivity contribution in [3.63, 3.8) is 0 Å². The summed E-state index contributed by atoms with van der Waals surface area (Å²) in [5.41, 5.74) is 5.33. The van der Waals surface area contributed by atoms with Gasteiger partial charge in [0.15, 0.2) is 0 Å². The van der Waals surface area contributed by atoms with E-state index in [9.17, 15) is 4.79 Å². The summed E-state index contributed by atoms with van der Waals surface area (Å²) in [5, 5.41) is 3.07. The number of ether oxygens (including phenoxy) is 1. The fourth-order valence-electron chi connectivity index (χ4n) is 3.66. The second-order valence-electron chi connectivity index (χ2n) is 9.38. The highest BCUT2D eigenvalue weighted by Crippen LogP contribution is 2.19. The number of rotatable bonds is 11. The van der Waals surface area contributed by atoms with E-state index in [4.69, 9.17) is 4.74 Å². The van der Waals surface area contributed by atoms with Gasteiger partial charge in [0.1, 0.15) is 5.70 Å². The molecule has 1 aliphatic rings. The molecule has 4 heteroatoms. The number of hydrogen-bond donors (Lipinski definition) is 1. The van der Waals surface area contributed by atoms with Crippen LogP contribution in [0, 0.1) is 5.92 Å². The van der Waals surface area contributed by atoms with Crippen LogP contribution in [0.1, 0.15) is 64.7 Å². The molecule has 0 saturated carbocycles. The van der Waals surface area contributed by atoms with Crippen molar-refractivity contribution >= 4 is 12.1 Å². The van der Waals surface area contributed by atoms with Gasteiger partial charge in [-0.1, -0.05) is 63.3 Å². The van der Waals surface area contributed by atoms with E-state index < -0.39 is 0 Å². The fourth-order valence-corrected chi connectivity index (χ4v) is 3.66. The van der Waals surface area contributed by atoms with Gasteiger partial charge in [-0.3, -0.25) is 9.79 Å². The zero-order valence-corrected chi connectivity index (χ0v) is 20.7. The first-order valence-electron chi connectivity index (χ1n) is 11.8. The van der Waals surface area contributed by atoms with Gasteiger partial charge in [0, 0.05) is 6.21 Å². The number of amides is 1. The molecule has 1 saturated heterocycles. The van der Waals surface area contributed by atoms with Crippen molar-refractivity contribution in [1.82, 2.24) is 5.32 Å². The van der Waals surface area contributed by atoms with Gasteiger partial charge in [0.25, 0.3) is 5.91 Å². The Morgan fingerprint density at radius 1 is 1.28 bits per heavy atom. The molecule has 174 valence electrons. The van der Waals surface area contributed by atoms with Crippen LogP contribution < -0.4 is 5.32 Å². The standard InChI is InChI=1S/C28H40N2O2/c1-7-9-11-22(5)18-29-26(27(31)30-28(6)19-32-20-28)13-10-12-23-14-15-25(16-21(3)4)24(8-2)17-23/h7,9,11,13-15,17-18,21H,8,10,12,16,19-20H2,1-6H3,(H,30,31)/b9-7-,22-11+,26-13+,29-18+. The molecule has 0 unspecified atom stereocenters. The molecule has 0 atom stereocenters. The Morgan fingerprint density at radius 3 is 2.62 bits per heavy atom. The zero-order chi connectivity index (χ0) is 23.6. The van der Waals surface area contributed by atoms with Crippen molar-refractivity contribution in [3.05, 3.63) is 70.5 Å². The van der Waals surface area contributed by atoms with Gasteiger partial charge >= 0.3 is 0 Å². The van der Waals surface area contributed by atoms with Gasteiger partial charge in [-0.25, -0.2) is 0 Å². The minimum Gasteiger partial charge on any atom is -0.376 e. The first-order chi connectivity index (χ1) is 15.3. The van der Waals surface area contributed by atoms with E-state index >= 15 is 0 Å². The van der Waals surface area contributed by atoms with Crippen LogP contribution in [0.15, 0.2) is 58.8 Å². The summed E-state index contributed by atoms with van der Waals surface area (Å²) in [6.45, 7) is 13.8. The Labute approximate surface area is 194 Å². The number of aryl methyl sites for hydroxylation is 2. The van der Waals surface area contributed by atoms with Crippen molar-refractivity contribution in [3.8, 4) is 0 Å². The maximum atomic E-state index is 12.9. The van der Waals surface area contributed by atoms with Gasteiger partial charge in [-0.15, -0.1) is 0 Å². The molecule has 0 spiro atoms. The smallest absolute Gasteiger partial charge is 0.270 e. The van der Waals surface area contributed by atoms with E-state index in [-0.39, 0.29) is 11.4 Å². The normalized spacial score (nSPS) is 16.7. The molecule has 0 aromatic heterocycles. The number of nitrogens with one attached hydrogen (secondary N) is 1. The SMILES string of the molecule is C\C=C/C=C(C)/C=N/C(=C/CCc1ccc(CC(C)C)c(CC)c1)C(=O)NC1(C)COC1. The zero-order valence-electron chi connectivity index (χ0n) is 20.7. The molecule has 1 heterocycles. The molecule has 0 radical (unpaired) electrons. The maximum absolute atomic E-state index is 12.9. The van der Waals surface area contributed by atoms with Crippen molar-refractivity contribution < 1.29 is 9.53 Å². The summed E-state index contributed by atoms with van der Waals surface area (Å²) >= 11 is 0. The van der Waals surface area contributed by atoms with Crippen molar-refractivity contribution in [2.75, 3.05) is 13.2 Å². The third-order valence-corrected chi connectivity index (χ3v) is 5.50. The van der Waals surface area contributed by atoms with E-state index in [0.29, 0.717) is 24.8 Å². The molecular formula is C28H40N2O2. The van der Waals surface area contributed by atoms with Crippen LogP contribution in [0.2, 0.25) is 0 Å². The summed E-state index contributed by atoms with van der Waals surface area (Å²) in [6.07, 6.45) is 13.4. The average molecular weight is 437 g/mol. The third kappa shape index (κ3) is 8.23. The Balaban J connectivity index is 2.13. The number of carbonyl (C=O) groups excluding carboxylic acids is 1. The molecule has 0 bridgehead atoms. The van der Waals surface area contributed by atoms with Crippen LogP contribution in [0.3, 0.4) is 0 Å². The van der Waals surface area contributed by atoms with Crippen molar-refractivity contribution in [2.45, 2.75) is 72.8 Å². The molecule has 1 N–H and O–H groups in total. The van der Waals surface area contributed by atoms with Gasteiger partial charge < -0.3 is 10.1 Å². The predicted octanol–water partition coefficient (Wildman–Crippen LogP) is 5.76. The topological polar surface area (TPSA) is 50.7 Å². The van der Waals surface area contributed by atoms with Gasteiger partial charge in [-0.2, -0.15) is 0 Å². The Hall–Kier alpha value is -2.46. The van der Waals surface area contributed by atoms with Gasteiger partial charge in [0.2, 0.25) is 0 Å². The Bertz CT molecular complexity index is 887. The van der Waals surface area contributed by atoms with Crippen LogP contribution in [-0.2, 0) is 28.8 Å². The quantitative estimate of drug-likeness (QED) is 0.272. The molecule has 4 nitrogen and oxygen atoms in total. The lowest BCUT2D eigenvalue weighted by Crippen LogP contribution is -2.60. The molecule has 32 heavy (non-hydrogen) atoms. The summed E-state index contributed by atoms with van der Waals surface area (Å²) < 4.78 is 5.27. The number of nitrogens with zero attached hydrogens (tertiary/aromatic N) is 1. The van der Waals surface area contributed by atoms with Crippen LogP contribution >= 0.6 is 0 Å². The number of aliphatic imine (C=N–C) groups is 1. The molecule has 1 aromatic rings. The molecule has 1 fully saturated rings. The number of carbonyl (C=O) groups is 1. The minimum atomic E-state index is -0.302. The molecule has 1 aromatic carbocycles. The molecular weight excluding hydrogens is 396 g/mol. The minimum absolute atomic E-state index is 0.146. The summed E-state index contributed by atoms with van der Waals surface area (Å²) in [7, 11) is 0. The number of hydrogen-bond acceptors (Lipinski definition) is 3. The van der Waals surface area contributed by atoms with Crippen LogP contribution in [0.4, 0.5) is 0 Å². The largest absolute Gasteiger partial charge is 0.376 e. The fraction of sp³-hybridized carbons (Fsp3) is 0.500. The van der Waals surface area contributed by atoms with E-state index in [2.05, 4.69) is 49.3 Å². The highest BCUT2D eigenvalue weighted by atomic mass is 16.5. The van der Waals surface area contributed by atoms with Crippen LogP contribution in [-0.4, -0.2) is 30.9 Å². The third-order valence-electron chi connectivity index (χ3n) is 5.50. The average Bonchev–Trinajstić information content (AvgIpc) is 2.73. The maximum Gasteiger partial charge on any atom is 0.270 e. The molecule has 1 aliphatic heterocycles. The molecule has 1 amide bonds. The summed E-state index contributed by atoms with van der Waals surface area (Å²) in [5.74, 6) is 0.508. The molecule has 2 rings (SSSR count). The number of benzene rings is 1. The molecule has 0 aliphatic carbocycles. The van der Waals surface area contributed by atoms with Gasteiger partial charge in [0.05, 0.1) is 18.8 Å². The monoisotopic (exact) mass is 436 g/mol. The Kier molecular flexibility index (Phi) is 10.1. The second kappa shape index (κ2) is 12.5. The van der Waals surface area contributed by atoms with E-state index in [1.54, 1.807) is 6.21 Å². The van der Waals surface area contributed by atoms with E-state index in [1.807, 2.05) is 45.1 Å². The first-order valence-corrected chi connectivity index (χ1v) is 11.8. The highest BCUT2D eigenvalue weighted by molar-refractivity contribution is 5.96. The first kappa shape index (κ1) is 25.8. The Morgan fingerprint density at radius 2 is 2.03 bits per heavy atom. The van der Waals surface area contributed by atoms with E-state index in [0.717, 1.165) is 31.3 Å². The number of allylic oxidation sites excluding steroid dienone is 5. The van der Waals surface area contributed by atoms with Crippen LogP contribution in [0.5, 0.6) is 0 Å². The summed E-state index contributed by atoms with van der Waals surface area (Å²) in [4.78, 5) is 17.4. The van der Waals surface area contributed by atoms with Crippen molar-refractivity contribution in [2.24, 2.45) is 10.9 Å².